The Kier molecular flexibility index (Phi) is 15.8. The van der Waals surface area contributed by atoms with Crippen molar-refractivity contribution in [1.82, 2.24) is 5.32 Å². The number of ether oxygens (including phenoxy) is 1. The third-order valence-corrected chi connectivity index (χ3v) is 7.04. The van der Waals surface area contributed by atoms with Crippen LogP contribution in [0.4, 0.5) is 0 Å². The molecule has 0 heterocycles. The summed E-state index contributed by atoms with van der Waals surface area (Å²) in [7, 11) is 0. The summed E-state index contributed by atoms with van der Waals surface area (Å²) in [6.07, 6.45) is 3.51. The number of nitrogens with one attached hydrogen (secondary N) is 1. The molecule has 1 aromatic rings. The van der Waals surface area contributed by atoms with E-state index in [0.717, 1.165) is 42.6 Å². The van der Waals surface area contributed by atoms with Gasteiger partial charge >= 0.3 is 0 Å². The second kappa shape index (κ2) is 16.5. The fraction of sp³-hybridized carbons (Fsp3) is 0.742. The molecule has 1 rings (SSSR count). The Balaban J connectivity index is 0.0000137. The highest BCUT2D eigenvalue weighted by molar-refractivity contribution is 5.85. The summed E-state index contributed by atoms with van der Waals surface area (Å²) in [4.78, 5) is 24.6. The number of halogens is 1. The number of hydrogen-bond donors (Lipinski definition) is 3. The van der Waals surface area contributed by atoms with Gasteiger partial charge in [0.2, 0.25) is 5.91 Å². The quantitative estimate of drug-likeness (QED) is 0.231. The number of rotatable bonds is 15. The highest BCUT2D eigenvalue weighted by Gasteiger charge is 2.25. The molecule has 0 aliphatic heterocycles. The number of carbonyl (C=O) groups excluding carboxylic acids is 2. The van der Waals surface area contributed by atoms with Crippen molar-refractivity contribution in [2.45, 2.75) is 118 Å². The maximum absolute atomic E-state index is 12.5. The number of nitrogens with two attached hydrogens (primary N) is 1. The van der Waals surface area contributed by atoms with Gasteiger partial charge in [0.25, 0.3) is 0 Å². The Morgan fingerprint density at radius 2 is 1.71 bits per heavy atom. The molecule has 0 aliphatic rings. The van der Waals surface area contributed by atoms with E-state index in [0.29, 0.717) is 31.2 Å². The standard InChI is InChI=1S/C31H54N2O4.ClH/c1-10-11-16-33-29(36)26(34)15-13-24(32)19-23(21(2)3)17-22-12-14-25(30(4,5)6)27(18-22)37-20-28(35)31(7,8)9;/h12,14,18,21,23-24,26,34H,10-11,13,15-17,19-20,32H2,1-9H3,(H,33,36);1H/t23-,24-,26-;/m0./s1. The van der Waals surface area contributed by atoms with Crippen LogP contribution in [0.3, 0.4) is 0 Å². The Bertz CT molecular complexity index is 858. The van der Waals surface area contributed by atoms with E-state index < -0.39 is 11.5 Å². The van der Waals surface area contributed by atoms with Crippen molar-refractivity contribution in [1.29, 1.82) is 0 Å². The van der Waals surface area contributed by atoms with Crippen molar-refractivity contribution in [3.63, 3.8) is 0 Å². The lowest BCUT2D eigenvalue weighted by molar-refractivity contribution is -0.129. The highest BCUT2D eigenvalue weighted by atomic mass is 35.5. The van der Waals surface area contributed by atoms with Crippen molar-refractivity contribution in [3.8, 4) is 5.75 Å². The summed E-state index contributed by atoms with van der Waals surface area (Å²) in [5.41, 5.74) is 8.16. The van der Waals surface area contributed by atoms with Crippen LogP contribution in [0.15, 0.2) is 18.2 Å². The molecule has 4 N–H and O–H groups in total. The number of unbranched alkanes of at least 4 members (excludes halogenated alkanes) is 1. The molecule has 0 fully saturated rings. The molecule has 3 atom stereocenters. The lowest BCUT2D eigenvalue weighted by Gasteiger charge is -2.27. The third-order valence-electron chi connectivity index (χ3n) is 7.04. The first-order valence-electron chi connectivity index (χ1n) is 14.1. The number of benzene rings is 1. The Morgan fingerprint density at radius 1 is 1.08 bits per heavy atom. The zero-order valence-corrected chi connectivity index (χ0v) is 26.2. The molecule has 0 aromatic heterocycles. The smallest absolute Gasteiger partial charge is 0.248 e. The first kappa shape index (κ1) is 36.4. The van der Waals surface area contributed by atoms with Gasteiger partial charge in [0, 0.05) is 18.0 Å². The predicted molar refractivity (Wildman–Crippen MR) is 160 cm³/mol. The number of amides is 1. The summed E-state index contributed by atoms with van der Waals surface area (Å²) >= 11 is 0. The third kappa shape index (κ3) is 12.9. The maximum atomic E-state index is 12.5. The van der Waals surface area contributed by atoms with Gasteiger partial charge in [-0.15, -0.1) is 12.4 Å². The van der Waals surface area contributed by atoms with E-state index in [1.54, 1.807) is 0 Å². The van der Waals surface area contributed by atoms with Crippen LogP contribution in [0.1, 0.15) is 106 Å². The molecule has 0 saturated heterocycles. The van der Waals surface area contributed by atoms with Crippen LogP contribution in [0.2, 0.25) is 0 Å². The van der Waals surface area contributed by atoms with Gasteiger partial charge in [0.1, 0.15) is 18.5 Å². The first-order valence-corrected chi connectivity index (χ1v) is 14.1. The molecule has 38 heavy (non-hydrogen) atoms. The summed E-state index contributed by atoms with van der Waals surface area (Å²) in [5, 5.41) is 13.0. The second-order valence-electron chi connectivity index (χ2n) is 13.0. The summed E-state index contributed by atoms with van der Waals surface area (Å²) in [5.74, 6) is 1.30. The topological polar surface area (TPSA) is 102 Å². The van der Waals surface area contributed by atoms with Crippen LogP contribution in [0.5, 0.6) is 5.75 Å². The van der Waals surface area contributed by atoms with Gasteiger partial charge < -0.3 is 20.9 Å². The zero-order valence-electron chi connectivity index (χ0n) is 25.4. The Labute approximate surface area is 238 Å². The number of carbonyl (C=O) groups is 2. The van der Waals surface area contributed by atoms with E-state index in [9.17, 15) is 14.7 Å². The van der Waals surface area contributed by atoms with E-state index >= 15 is 0 Å². The molecule has 1 amide bonds. The van der Waals surface area contributed by atoms with Gasteiger partial charge in [0.05, 0.1) is 0 Å². The monoisotopic (exact) mass is 554 g/mol. The first-order chi connectivity index (χ1) is 17.1. The van der Waals surface area contributed by atoms with E-state index in [1.807, 2.05) is 20.8 Å². The van der Waals surface area contributed by atoms with E-state index in [2.05, 4.69) is 65.1 Å². The Hall–Kier alpha value is -1.63. The minimum Gasteiger partial charge on any atom is -0.486 e. The minimum atomic E-state index is -1.01. The molecule has 6 nitrogen and oxygen atoms in total. The molecule has 0 unspecified atom stereocenters. The molecular formula is C31H55ClN2O4. The van der Waals surface area contributed by atoms with E-state index in [4.69, 9.17) is 10.5 Å². The van der Waals surface area contributed by atoms with Crippen LogP contribution in [-0.2, 0) is 21.4 Å². The lowest BCUT2D eigenvalue weighted by atomic mass is 9.81. The van der Waals surface area contributed by atoms with Crippen molar-refractivity contribution in [2.75, 3.05) is 13.2 Å². The van der Waals surface area contributed by atoms with Gasteiger partial charge in [0.15, 0.2) is 5.78 Å². The minimum absolute atomic E-state index is 0. The fourth-order valence-corrected chi connectivity index (χ4v) is 4.20. The number of ketones is 1. The van der Waals surface area contributed by atoms with Gasteiger partial charge in [-0.25, -0.2) is 0 Å². The molecule has 220 valence electrons. The summed E-state index contributed by atoms with van der Waals surface area (Å²) in [6.45, 7) is 19.3. The van der Waals surface area contributed by atoms with Crippen LogP contribution in [-0.4, -0.2) is 42.1 Å². The van der Waals surface area contributed by atoms with Crippen molar-refractivity contribution >= 4 is 24.1 Å². The second-order valence-corrected chi connectivity index (χ2v) is 13.0. The largest absolute Gasteiger partial charge is 0.486 e. The SMILES string of the molecule is CCCCNC(=O)[C@@H](O)CC[C@H](N)C[C@H](Cc1ccc(C(C)(C)C)c(OCC(=O)C(C)(C)C)c1)C(C)C.Cl. The van der Waals surface area contributed by atoms with E-state index in [1.165, 1.54) is 0 Å². The molecule has 7 heteroatoms. The normalized spacial score (nSPS) is 14.4. The Morgan fingerprint density at radius 3 is 2.24 bits per heavy atom. The summed E-state index contributed by atoms with van der Waals surface area (Å²) < 4.78 is 6.10. The van der Waals surface area contributed by atoms with Gasteiger partial charge in [-0.1, -0.05) is 80.9 Å². The lowest BCUT2D eigenvalue weighted by Crippen LogP contribution is -2.36. The zero-order chi connectivity index (χ0) is 28.4. The molecule has 1 aromatic carbocycles. The molecule has 0 saturated carbocycles. The molecule has 0 spiro atoms. The van der Waals surface area contributed by atoms with Crippen LogP contribution in [0, 0.1) is 17.3 Å². The fourth-order valence-electron chi connectivity index (χ4n) is 4.20. The van der Waals surface area contributed by atoms with Crippen LogP contribution >= 0.6 is 12.4 Å². The van der Waals surface area contributed by atoms with Gasteiger partial charge in [-0.3, -0.25) is 9.59 Å². The summed E-state index contributed by atoms with van der Waals surface area (Å²) in [6, 6.07) is 6.27. The van der Waals surface area contributed by atoms with Crippen LogP contribution in [0.25, 0.3) is 0 Å². The highest BCUT2D eigenvalue weighted by Crippen LogP contribution is 2.34. The van der Waals surface area contributed by atoms with Crippen molar-refractivity contribution in [3.05, 3.63) is 29.3 Å². The molecule has 0 radical (unpaired) electrons. The average Bonchev–Trinajstić information content (AvgIpc) is 2.79. The molecule has 0 bridgehead atoms. The van der Waals surface area contributed by atoms with Gasteiger partial charge in [-0.05, 0) is 66.5 Å². The number of aliphatic hydroxyl groups excluding tert-OH is 1. The molecule has 0 aliphatic carbocycles. The van der Waals surface area contributed by atoms with E-state index in [-0.39, 0.29) is 42.2 Å². The maximum Gasteiger partial charge on any atom is 0.248 e. The van der Waals surface area contributed by atoms with Crippen molar-refractivity contribution < 1.29 is 19.4 Å². The average molecular weight is 555 g/mol. The predicted octanol–water partition coefficient (Wildman–Crippen LogP) is 5.99. The number of hydrogen-bond acceptors (Lipinski definition) is 5. The number of Topliss-reactive ketones (excluding diaryl/α,β-unsaturated/α-hetero) is 1. The van der Waals surface area contributed by atoms with Crippen molar-refractivity contribution in [2.24, 2.45) is 23.0 Å². The number of aliphatic hydroxyl groups is 1. The van der Waals surface area contributed by atoms with Gasteiger partial charge in [-0.2, -0.15) is 0 Å². The van der Waals surface area contributed by atoms with Crippen LogP contribution < -0.4 is 15.8 Å². The molecular weight excluding hydrogens is 500 g/mol.